The molecule has 2 aromatic rings. The summed E-state index contributed by atoms with van der Waals surface area (Å²) in [6.07, 6.45) is 1.65. The van der Waals surface area contributed by atoms with Crippen LogP contribution in [0.15, 0.2) is 42.5 Å². The van der Waals surface area contributed by atoms with Crippen LogP contribution in [-0.4, -0.2) is 23.9 Å². The highest BCUT2D eigenvalue weighted by atomic mass is 16.5. The van der Waals surface area contributed by atoms with Crippen LogP contribution in [0, 0.1) is 5.92 Å². The number of benzene rings is 2. The molecule has 100 valence electrons. The number of aliphatic hydroxyl groups is 1. The second-order valence-corrected chi connectivity index (χ2v) is 5.55. The summed E-state index contributed by atoms with van der Waals surface area (Å²) >= 11 is 0. The summed E-state index contributed by atoms with van der Waals surface area (Å²) in [6, 6.07) is 14.7. The zero-order chi connectivity index (χ0) is 13.2. The molecule has 1 aliphatic rings. The third-order valence-electron chi connectivity index (χ3n) is 4.08. The minimum atomic E-state index is -0.309. The fourth-order valence-electron chi connectivity index (χ4n) is 2.98. The quantitative estimate of drug-likeness (QED) is 0.914. The van der Waals surface area contributed by atoms with Crippen LogP contribution >= 0.6 is 0 Å². The summed E-state index contributed by atoms with van der Waals surface area (Å²) in [5.41, 5.74) is 1.23. The summed E-state index contributed by atoms with van der Waals surface area (Å²) in [4.78, 5) is 0. The summed E-state index contributed by atoms with van der Waals surface area (Å²) in [6.45, 7) is 2.76. The van der Waals surface area contributed by atoms with Crippen molar-refractivity contribution in [1.82, 2.24) is 0 Å². The Morgan fingerprint density at radius 2 is 2.00 bits per heavy atom. The second-order valence-electron chi connectivity index (χ2n) is 5.55. The molecule has 2 heteroatoms. The zero-order valence-corrected chi connectivity index (χ0v) is 11.3. The molecule has 19 heavy (non-hydrogen) atoms. The van der Waals surface area contributed by atoms with Crippen molar-refractivity contribution in [3.8, 4) is 0 Å². The molecule has 1 N–H and O–H groups in total. The van der Waals surface area contributed by atoms with Crippen LogP contribution in [0.3, 0.4) is 0 Å². The van der Waals surface area contributed by atoms with Crippen molar-refractivity contribution in [1.29, 1.82) is 0 Å². The fourth-order valence-corrected chi connectivity index (χ4v) is 2.98. The first-order valence-electron chi connectivity index (χ1n) is 7.00. The SMILES string of the molecule is CC1CC(C(O)Cc2cccc3ccccc23)CO1. The Morgan fingerprint density at radius 1 is 1.21 bits per heavy atom. The normalized spacial score (nSPS) is 24.7. The van der Waals surface area contributed by atoms with Crippen molar-refractivity contribution in [3.05, 3.63) is 48.0 Å². The molecule has 0 radical (unpaired) electrons. The lowest BCUT2D eigenvalue weighted by atomic mass is 9.92. The predicted molar refractivity (Wildman–Crippen MR) is 77.2 cm³/mol. The molecule has 3 unspecified atom stereocenters. The Balaban J connectivity index is 1.81. The van der Waals surface area contributed by atoms with Gasteiger partial charge >= 0.3 is 0 Å². The van der Waals surface area contributed by atoms with Crippen molar-refractivity contribution in [2.45, 2.75) is 32.0 Å². The lowest BCUT2D eigenvalue weighted by molar-refractivity contribution is 0.0808. The maximum absolute atomic E-state index is 10.4. The van der Waals surface area contributed by atoms with Crippen LogP contribution in [0.5, 0.6) is 0 Å². The summed E-state index contributed by atoms with van der Waals surface area (Å²) in [5.74, 6) is 0.272. The van der Waals surface area contributed by atoms with Gasteiger partial charge in [0.2, 0.25) is 0 Å². The highest BCUT2D eigenvalue weighted by Gasteiger charge is 2.28. The van der Waals surface area contributed by atoms with Gasteiger partial charge in [-0.2, -0.15) is 0 Å². The predicted octanol–water partition coefficient (Wildman–Crippen LogP) is 3.17. The van der Waals surface area contributed by atoms with Gasteiger partial charge in [-0.3, -0.25) is 0 Å². The van der Waals surface area contributed by atoms with Crippen molar-refractivity contribution in [2.75, 3.05) is 6.61 Å². The number of aliphatic hydroxyl groups excluding tert-OH is 1. The Morgan fingerprint density at radius 3 is 2.79 bits per heavy atom. The molecule has 0 aliphatic carbocycles. The third-order valence-corrected chi connectivity index (χ3v) is 4.08. The van der Waals surface area contributed by atoms with E-state index in [0.717, 1.165) is 6.42 Å². The van der Waals surface area contributed by atoms with Gasteiger partial charge in [0, 0.05) is 5.92 Å². The van der Waals surface area contributed by atoms with E-state index in [9.17, 15) is 5.11 Å². The van der Waals surface area contributed by atoms with Crippen LogP contribution in [0.4, 0.5) is 0 Å². The maximum Gasteiger partial charge on any atom is 0.0631 e. The van der Waals surface area contributed by atoms with Crippen molar-refractivity contribution in [2.24, 2.45) is 5.92 Å². The Kier molecular flexibility index (Phi) is 3.54. The molecule has 2 nitrogen and oxygen atoms in total. The Labute approximate surface area is 114 Å². The molecule has 0 bridgehead atoms. The molecule has 0 spiro atoms. The molecule has 0 aromatic heterocycles. The minimum absolute atomic E-state index is 0.272. The molecule has 0 amide bonds. The summed E-state index contributed by atoms with van der Waals surface area (Å²) in [7, 11) is 0. The standard InChI is InChI=1S/C17H20O2/c1-12-9-15(11-19-12)17(18)10-14-7-4-6-13-5-2-3-8-16(13)14/h2-8,12,15,17-18H,9-11H2,1H3. The third kappa shape index (κ3) is 2.65. The number of fused-ring (bicyclic) bond motifs is 1. The van der Waals surface area contributed by atoms with Crippen molar-refractivity contribution in [3.63, 3.8) is 0 Å². The van der Waals surface area contributed by atoms with Gasteiger partial charge in [0.05, 0.1) is 18.8 Å². The van der Waals surface area contributed by atoms with Crippen molar-refractivity contribution < 1.29 is 9.84 Å². The van der Waals surface area contributed by atoms with Crippen LogP contribution in [0.25, 0.3) is 10.8 Å². The molecule has 1 heterocycles. The number of rotatable bonds is 3. The van der Waals surface area contributed by atoms with Gasteiger partial charge in [-0.15, -0.1) is 0 Å². The summed E-state index contributed by atoms with van der Waals surface area (Å²) in [5, 5.41) is 12.9. The smallest absolute Gasteiger partial charge is 0.0631 e. The molecule has 3 rings (SSSR count). The summed E-state index contributed by atoms with van der Waals surface area (Å²) < 4.78 is 5.55. The number of hydrogen-bond acceptors (Lipinski definition) is 2. The van der Waals surface area contributed by atoms with Crippen LogP contribution in [-0.2, 0) is 11.2 Å². The molecule has 1 fully saturated rings. The Hall–Kier alpha value is -1.38. The molecule has 0 saturated carbocycles. The van der Waals surface area contributed by atoms with E-state index in [0.29, 0.717) is 13.0 Å². The van der Waals surface area contributed by atoms with Gasteiger partial charge < -0.3 is 9.84 Å². The highest BCUT2D eigenvalue weighted by Crippen LogP contribution is 2.26. The van der Waals surface area contributed by atoms with Gasteiger partial charge in [0.1, 0.15) is 0 Å². The van der Waals surface area contributed by atoms with Gasteiger partial charge in [0.25, 0.3) is 0 Å². The fraction of sp³-hybridized carbons (Fsp3) is 0.412. The van der Waals surface area contributed by atoms with Crippen molar-refractivity contribution >= 4 is 10.8 Å². The van der Waals surface area contributed by atoms with Crippen LogP contribution < -0.4 is 0 Å². The topological polar surface area (TPSA) is 29.5 Å². The van der Waals surface area contributed by atoms with E-state index < -0.39 is 0 Å². The van der Waals surface area contributed by atoms with E-state index in [1.54, 1.807) is 0 Å². The molecular weight excluding hydrogens is 236 g/mol. The largest absolute Gasteiger partial charge is 0.392 e. The second kappa shape index (κ2) is 5.32. The first-order chi connectivity index (χ1) is 9.24. The molecular formula is C17H20O2. The van der Waals surface area contributed by atoms with Crippen LogP contribution in [0.1, 0.15) is 18.9 Å². The lowest BCUT2D eigenvalue weighted by Crippen LogP contribution is -2.23. The average molecular weight is 256 g/mol. The zero-order valence-electron chi connectivity index (χ0n) is 11.3. The highest BCUT2D eigenvalue weighted by molar-refractivity contribution is 5.85. The molecule has 3 atom stereocenters. The van der Waals surface area contributed by atoms with E-state index >= 15 is 0 Å². The molecule has 1 aliphatic heterocycles. The Bertz CT molecular complexity index is 559. The lowest BCUT2D eigenvalue weighted by Gasteiger charge is -2.17. The van der Waals surface area contributed by atoms with E-state index in [4.69, 9.17) is 4.74 Å². The number of ether oxygens (including phenoxy) is 1. The average Bonchev–Trinajstić information content (AvgIpc) is 2.86. The first-order valence-corrected chi connectivity index (χ1v) is 7.00. The van der Waals surface area contributed by atoms with E-state index in [1.807, 2.05) is 0 Å². The van der Waals surface area contributed by atoms with E-state index in [-0.39, 0.29) is 18.1 Å². The van der Waals surface area contributed by atoms with E-state index in [1.165, 1.54) is 16.3 Å². The number of hydrogen-bond donors (Lipinski definition) is 1. The van der Waals surface area contributed by atoms with Crippen LogP contribution in [0.2, 0.25) is 0 Å². The maximum atomic E-state index is 10.4. The first kappa shape index (κ1) is 12.6. The van der Waals surface area contributed by atoms with Gasteiger partial charge in [-0.1, -0.05) is 42.5 Å². The monoisotopic (exact) mass is 256 g/mol. The molecule has 2 aromatic carbocycles. The van der Waals surface area contributed by atoms with Gasteiger partial charge in [-0.05, 0) is 36.1 Å². The van der Waals surface area contributed by atoms with Gasteiger partial charge in [0.15, 0.2) is 0 Å². The molecule has 1 saturated heterocycles. The van der Waals surface area contributed by atoms with Gasteiger partial charge in [-0.25, -0.2) is 0 Å². The van der Waals surface area contributed by atoms with E-state index in [2.05, 4.69) is 49.4 Å². The minimum Gasteiger partial charge on any atom is -0.392 e.